The van der Waals surface area contributed by atoms with Gasteiger partial charge in [-0.15, -0.1) is 0 Å². The third kappa shape index (κ3) is 5.15. The second-order valence-corrected chi connectivity index (χ2v) is 6.23. The second kappa shape index (κ2) is 7.95. The first kappa shape index (κ1) is 16.5. The predicted molar refractivity (Wildman–Crippen MR) is 99.5 cm³/mol. The summed E-state index contributed by atoms with van der Waals surface area (Å²) < 4.78 is 0. The SMILES string of the molecule is Cc1ccc(NC(=S)N[C@H](C)CCc2ccccc2)cc1C. The monoisotopic (exact) mass is 312 g/mol. The van der Waals surface area contributed by atoms with Gasteiger partial charge in [-0.2, -0.15) is 0 Å². The van der Waals surface area contributed by atoms with Crippen LogP contribution in [-0.2, 0) is 6.42 Å². The van der Waals surface area contributed by atoms with Crippen molar-refractivity contribution in [1.29, 1.82) is 0 Å². The lowest BCUT2D eigenvalue weighted by molar-refractivity contribution is 0.609. The summed E-state index contributed by atoms with van der Waals surface area (Å²) in [6.45, 7) is 6.39. The molecule has 0 spiro atoms. The number of benzene rings is 2. The number of hydrogen-bond acceptors (Lipinski definition) is 1. The van der Waals surface area contributed by atoms with E-state index in [2.05, 4.69) is 73.9 Å². The summed E-state index contributed by atoms with van der Waals surface area (Å²) in [6, 6.07) is 17.2. The van der Waals surface area contributed by atoms with E-state index in [9.17, 15) is 0 Å². The summed E-state index contributed by atoms with van der Waals surface area (Å²) in [7, 11) is 0. The third-order valence-electron chi connectivity index (χ3n) is 3.85. The molecule has 2 aromatic carbocycles. The van der Waals surface area contributed by atoms with Crippen molar-refractivity contribution in [2.24, 2.45) is 0 Å². The number of hydrogen-bond donors (Lipinski definition) is 2. The average molecular weight is 312 g/mol. The highest BCUT2D eigenvalue weighted by Gasteiger charge is 2.05. The molecule has 2 rings (SSSR count). The van der Waals surface area contributed by atoms with E-state index in [0.717, 1.165) is 18.5 Å². The van der Waals surface area contributed by atoms with Crippen LogP contribution < -0.4 is 10.6 Å². The Morgan fingerprint density at radius 2 is 1.77 bits per heavy atom. The van der Waals surface area contributed by atoms with Gasteiger partial charge in [0.1, 0.15) is 0 Å². The van der Waals surface area contributed by atoms with Gasteiger partial charge in [0.2, 0.25) is 0 Å². The van der Waals surface area contributed by atoms with E-state index in [1.807, 2.05) is 6.07 Å². The van der Waals surface area contributed by atoms with Crippen molar-refractivity contribution < 1.29 is 0 Å². The van der Waals surface area contributed by atoms with Gasteiger partial charge in [0.15, 0.2) is 5.11 Å². The van der Waals surface area contributed by atoms with Crippen LogP contribution in [0.15, 0.2) is 48.5 Å². The number of thiocarbonyl (C=S) groups is 1. The van der Waals surface area contributed by atoms with Crippen LogP contribution in [0.3, 0.4) is 0 Å². The molecule has 2 aromatic rings. The van der Waals surface area contributed by atoms with Gasteiger partial charge in [0, 0.05) is 11.7 Å². The molecule has 3 heteroatoms. The molecule has 0 radical (unpaired) electrons. The van der Waals surface area contributed by atoms with Crippen molar-refractivity contribution in [3.63, 3.8) is 0 Å². The van der Waals surface area contributed by atoms with E-state index in [-0.39, 0.29) is 0 Å². The summed E-state index contributed by atoms with van der Waals surface area (Å²) in [5.74, 6) is 0. The molecule has 0 saturated carbocycles. The number of nitrogens with one attached hydrogen (secondary N) is 2. The van der Waals surface area contributed by atoms with Gasteiger partial charge in [0.25, 0.3) is 0 Å². The first-order chi connectivity index (χ1) is 10.5. The van der Waals surface area contributed by atoms with E-state index in [1.165, 1.54) is 16.7 Å². The molecule has 1 atom stereocenters. The number of aryl methyl sites for hydroxylation is 3. The maximum absolute atomic E-state index is 5.40. The Morgan fingerprint density at radius 1 is 1.05 bits per heavy atom. The fourth-order valence-electron chi connectivity index (χ4n) is 2.31. The molecule has 0 unspecified atom stereocenters. The highest BCUT2D eigenvalue weighted by atomic mass is 32.1. The number of anilines is 1. The van der Waals surface area contributed by atoms with Gasteiger partial charge in [-0.3, -0.25) is 0 Å². The third-order valence-corrected chi connectivity index (χ3v) is 4.07. The first-order valence-electron chi connectivity index (χ1n) is 7.73. The minimum atomic E-state index is 0.340. The van der Waals surface area contributed by atoms with Crippen molar-refractivity contribution >= 4 is 23.0 Å². The van der Waals surface area contributed by atoms with E-state index in [4.69, 9.17) is 12.2 Å². The van der Waals surface area contributed by atoms with E-state index in [1.54, 1.807) is 0 Å². The van der Waals surface area contributed by atoms with E-state index >= 15 is 0 Å². The largest absolute Gasteiger partial charge is 0.360 e. The molecule has 0 aliphatic heterocycles. The van der Waals surface area contributed by atoms with Crippen LogP contribution in [0.25, 0.3) is 0 Å². The lowest BCUT2D eigenvalue weighted by Crippen LogP contribution is -2.36. The van der Waals surface area contributed by atoms with Crippen molar-refractivity contribution in [3.05, 3.63) is 65.2 Å². The van der Waals surface area contributed by atoms with E-state index in [0.29, 0.717) is 11.2 Å². The fraction of sp³-hybridized carbons (Fsp3) is 0.316. The summed E-state index contributed by atoms with van der Waals surface area (Å²) in [6.07, 6.45) is 2.11. The van der Waals surface area contributed by atoms with Crippen molar-refractivity contribution in [2.45, 2.75) is 39.7 Å². The van der Waals surface area contributed by atoms with Crippen LogP contribution in [-0.4, -0.2) is 11.2 Å². The average Bonchev–Trinajstić information content (AvgIpc) is 2.50. The van der Waals surface area contributed by atoms with E-state index < -0.39 is 0 Å². The quantitative estimate of drug-likeness (QED) is 0.788. The molecule has 0 heterocycles. The van der Waals surface area contributed by atoms with Gasteiger partial charge in [-0.1, -0.05) is 36.4 Å². The van der Waals surface area contributed by atoms with Crippen LogP contribution in [0.5, 0.6) is 0 Å². The summed E-state index contributed by atoms with van der Waals surface area (Å²) in [5.41, 5.74) is 4.96. The zero-order chi connectivity index (χ0) is 15.9. The Labute approximate surface area is 139 Å². The summed E-state index contributed by atoms with van der Waals surface area (Å²) in [4.78, 5) is 0. The van der Waals surface area contributed by atoms with Crippen molar-refractivity contribution in [3.8, 4) is 0 Å². The number of rotatable bonds is 5. The van der Waals surface area contributed by atoms with Crippen LogP contribution >= 0.6 is 12.2 Å². The minimum absolute atomic E-state index is 0.340. The molecule has 0 amide bonds. The second-order valence-electron chi connectivity index (χ2n) is 5.82. The molecule has 0 aliphatic carbocycles. The Bertz CT molecular complexity index is 623. The molecular formula is C19H24N2S. The molecule has 0 aromatic heterocycles. The normalized spacial score (nSPS) is 11.8. The lowest BCUT2D eigenvalue weighted by Gasteiger charge is -2.17. The standard InChI is InChI=1S/C19H24N2S/c1-14-9-12-18(13-15(14)2)21-19(22)20-16(3)10-11-17-7-5-4-6-8-17/h4-9,12-13,16H,10-11H2,1-3H3,(H2,20,21,22)/t16-/m1/s1. The van der Waals surface area contributed by atoms with Gasteiger partial charge < -0.3 is 10.6 Å². The maximum Gasteiger partial charge on any atom is 0.170 e. The molecule has 22 heavy (non-hydrogen) atoms. The summed E-state index contributed by atoms with van der Waals surface area (Å²) in [5, 5.41) is 7.30. The highest BCUT2D eigenvalue weighted by Crippen LogP contribution is 2.14. The minimum Gasteiger partial charge on any atom is -0.360 e. The highest BCUT2D eigenvalue weighted by molar-refractivity contribution is 7.80. The van der Waals surface area contributed by atoms with Crippen LogP contribution in [0.2, 0.25) is 0 Å². The molecule has 0 aliphatic rings. The smallest absolute Gasteiger partial charge is 0.170 e. The lowest BCUT2D eigenvalue weighted by atomic mass is 10.1. The molecule has 0 saturated heterocycles. The van der Waals surface area contributed by atoms with Crippen LogP contribution in [0, 0.1) is 13.8 Å². The van der Waals surface area contributed by atoms with Gasteiger partial charge in [-0.25, -0.2) is 0 Å². The predicted octanol–water partition coefficient (Wildman–Crippen LogP) is 4.61. The fourth-order valence-corrected chi connectivity index (χ4v) is 2.63. The Hall–Kier alpha value is -1.87. The van der Waals surface area contributed by atoms with Gasteiger partial charge in [0.05, 0.1) is 0 Å². The van der Waals surface area contributed by atoms with Crippen LogP contribution in [0.1, 0.15) is 30.0 Å². The molecule has 2 nitrogen and oxygen atoms in total. The Kier molecular flexibility index (Phi) is 5.96. The zero-order valence-electron chi connectivity index (χ0n) is 13.5. The topological polar surface area (TPSA) is 24.1 Å². The molecule has 116 valence electrons. The summed E-state index contributed by atoms with van der Waals surface area (Å²) >= 11 is 5.40. The first-order valence-corrected chi connectivity index (χ1v) is 8.14. The maximum atomic E-state index is 5.40. The Balaban J connectivity index is 1.79. The molecule has 2 N–H and O–H groups in total. The van der Waals surface area contributed by atoms with Crippen LogP contribution in [0.4, 0.5) is 5.69 Å². The van der Waals surface area contributed by atoms with Crippen molar-refractivity contribution in [1.82, 2.24) is 5.32 Å². The zero-order valence-corrected chi connectivity index (χ0v) is 14.3. The Morgan fingerprint density at radius 3 is 2.45 bits per heavy atom. The molecule has 0 fully saturated rings. The van der Waals surface area contributed by atoms with Gasteiger partial charge in [-0.05, 0) is 74.7 Å². The molecule has 0 bridgehead atoms. The molecular weight excluding hydrogens is 288 g/mol. The van der Waals surface area contributed by atoms with Crippen molar-refractivity contribution in [2.75, 3.05) is 5.32 Å². The van der Waals surface area contributed by atoms with Gasteiger partial charge >= 0.3 is 0 Å².